The Kier molecular flexibility index (Phi) is 6.22. The first-order chi connectivity index (χ1) is 13.9. The molecule has 5 nitrogen and oxygen atoms in total. The number of hydrogen-bond donors (Lipinski definition) is 0. The van der Waals surface area contributed by atoms with Crippen molar-refractivity contribution in [3.63, 3.8) is 0 Å². The smallest absolute Gasteiger partial charge is 0.339 e. The van der Waals surface area contributed by atoms with Gasteiger partial charge in [0.15, 0.2) is 6.61 Å². The number of pyridine rings is 1. The van der Waals surface area contributed by atoms with Crippen LogP contribution in [0.4, 0.5) is 4.39 Å². The van der Waals surface area contributed by atoms with Crippen LogP contribution in [0.3, 0.4) is 0 Å². The highest BCUT2D eigenvalue weighted by Crippen LogP contribution is 2.23. The Balaban J connectivity index is 1.72. The number of rotatable bonds is 6. The van der Waals surface area contributed by atoms with E-state index in [1.54, 1.807) is 37.4 Å². The molecule has 29 heavy (non-hydrogen) atoms. The molecule has 3 rings (SSSR count). The van der Waals surface area contributed by atoms with Gasteiger partial charge in [0.2, 0.25) is 0 Å². The van der Waals surface area contributed by atoms with Gasteiger partial charge in [0.05, 0.1) is 11.1 Å². The summed E-state index contributed by atoms with van der Waals surface area (Å²) in [6.07, 6.45) is 0. The van der Waals surface area contributed by atoms with Crippen LogP contribution in [-0.4, -0.2) is 35.4 Å². The zero-order valence-corrected chi connectivity index (χ0v) is 16.7. The van der Waals surface area contributed by atoms with Crippen molar-refractivity contribution in [2.24, 2.45) is 0 Å². The summed E-state index contributed by atoms with van der Waals surface area (Å²) in [5, 5.41) is 0.675. The number of nitrogens with zero attached hydrogens (tertiary/aromatic N) is 2. The predicted molar refractivity (Wildman–Crippen MR) is 109 cm³/mol. The van der Waals surface area contributed by atoms with Crippen LogP contribution in [0.2, 0.25) is 0 Å². The topological polar surface area (TPSA) is 59.5 Å². The summed E-state index contributed by atoms with van der Waals surface area (Å²) in [6.45, 7) is 3.66. The Morgan fingerprint density at radius 2 is 1.79 bits per heavy atom. The molecule has 0 aliphatic carbocycles. The van der Waals surface area contributed by atoms with Gasteiger partial charge in [0, 0.05) is 30.2 Å². The summed E-state index contributed by atoms with van der Waals surface area (Å²) < 4.78 is 19.0. The van der Waals surface area contributed by atoms with Gasteiger partial charge in [0.1, 0.15) is 5.82 Å². The molecule has 0 saturated heterocycles. The van der Waals surface area contributed by atoms with Crippen LogP contribution < -0.4 is 0 Å². The monoisotopic (exact) mass is 394 g/mol. The summed E-state index contributed by atoms with van der Waals surface area (Å²) in [4.78, 5) is 30.9. The number of amides is 1. The summed E-state index contributed by atoms with van der Waals surface area (Å²) in [6, 6.07) is 15.3. The van der Waals surface area contributed by atoms with E-state index in [0.29, 0.717) is 22.0 Å². The Morgan fingerprint density at radius 1 is 1.10 bits per heavy atom. The van der Waals surface area contributed by atoms with Crippen molar-refractivity contribution >= 4 is 22.8 Å². The average molecular weight is 394 g/mol. The lowest BCUT2D eigenvalue weighted by atomic mass is 10.0. The van der Waals surface area contributed by atoms with Gasteiger partial charge in [-0.05, 0) is 24.1 Å². The third-order valence-corrected chi connectivity index (χ3v) is 4.67. The van der Waals surface area contributed by atoms with Crippen LogP contribution in [0.25, 0.3) is 10.9 Å². The maximum Gasteiger partial charge on any atom is 0.339 e. The first kappa shape index (κ1) is 20.5. The zero-order valence-electron chi connectivity index (χ0n) is 16.7. The number of halogens is 1. The molecule has 1 heterocycles. The lowest BCUT2D eigenvalue weighted by molar-refractivity contribution is -0.133. The Hall–Kier alpha value is -3.28. The molecule has 0 N–H and O–H groups in total. The molecule has 0 fully saturated rings. The van der Waals surface area contributed by atoms with E-state index in [1.807, 2.05) is 32.0 Å². The standard InChI is InChI=1S/C23H23FN2O3/c1-15(2)21-12-18(17-9-5-7-11-20(17)25-21)23(28)29-14-22(27)26(3)13-16-8-4-6-10-19(16)24/h4-12,15H,13-14H2,1-3H3. The van der Waals surface area contributed by atoms with Crippen LogP contribution in [-0.2, 0) is 16.1 Å². The zero-order chi connectivity index (χ0) is 21.0. The second-order valence-corrected chi connectivity index (χ2v) is 7.18. The van der Waals surface area contributed by atoms with Crippen molar-refractivity contribution in [1.82, 2.24) is 9.88 Å². The molecule has 1 aromatic heterocycles. The average Bonchev–Trinajstić information content (AvgIpc) is 2.72. The van der Waals surface area contributed by atoms with Gasteiger partial charge < -0.3 is 9.64 Å². The van der Waals surface area contributed by atoms with Gasteiger partial charge in [-0.2, -0.15) is 0 Å². The molecule has 0 spiro atoms. The fourth-order valence-corrected chi connectivity index (χ4v) is 2.95. The molecule has 6 heteroatoms. The predicted octanol–water partition coefficient (Wildman–Crippen LogP) is 4.31. The first-order valence-electron chi connectivity index (χ1n) is 9.41. The Labute approximate surface area is 169 Å². The number of carbonyl (C=O) groups excluding carboxylic acids is 2. The lowest BCUT2D eigenvalue weighted by Gasteiger charge is -2.18. The number of likely N-dealkylation sites (N-methyl/N-ethyl adjacent to an activating group) is 1. The number of ether oxygens (including phenoxy) is 1. The van der Waals surface area contributed by atoms with Crippen molar-refractivity contribution in [1.29, 1.82) is 0 Å². The van der Waals surface area contributed by atoms with E-state index in [1.165, 1.54) is 11.0 Å². The van der Waals surface area contributed by atoms with E-state index in [-0.39, 0.29) is 18.3 Å². The normalized spacial score (nSPS) is 10.9. The number of fused-ring (bicyclic) bond motifs is 1. The van der Waals surface area contributed by atoms with Crippen LogP contribution in [0.5, 0.6) is 0 Å². The molecule has 0 saturated carbocycles. The first-order valence-corrected chi connectivity index (χ1v) is 9.41. The largest absolute Gasteiger partial charge is 0.452 e. The van der Waals surface area contributed by atoms with E-state index in [2.05, 4.69) is 4.98 Å². The third kappa shape index (κ3) is 4.77. The molecule has 0 atom stereocenters. The summed E-state index contributed by atoms with van der Waals surface area (Å²) >= 11 is 0. The van der Waals surface area contributed by atoms with Crippen molar-refractivity contribution in [3.05, 3.63) is 77.2 Å². The minimum absolute atomic E-state index is 0.0960. The second-order valence-electron chi connectivity index (χ2n) is 7.18. The van der Waals surface area contributed by atoms with Crippen molar-refractivity contribution in [3.8, 4) is 0 Å². The molecule has 3 aromatic rings. The summed E-state index contributed by atoms with van der Waals surface area (Å²) in [7, 11) is 1.54. The molecular weight excluding hydrogens is 371 g/mol. The summed E-state index contributed by atoms with van der Waals surface area (Å²) in [5.41, 5.74) is 2.26. The number of esters is 1. The highest BCUT2D eigenvalue weighted by molar-refractivity contribution is 6.04. The van der Waals surface area contributed by atoms with E-state index in [4.69, 9.17) is 4.74 Å². The van der Waals surface area contributed by atoms with Gasteiger partial charge in [-0.15, -0.1) is 0 Å². The fourth-order valence-electron chi connectivity index (χ4n) is 2.95. The van der Waals surface area contributed by atoms with Crippen LogP contribution >= 0.6 is 0 Å². The minimum atomic E-state index is -0.585. The maximum absolute atomic E-state index is 13.8. The molecule has 0 radical (unpaired) electrons. The van der Waals surface area contributed by atoms with E-state index < -0.39 is 18.5 Å². The van der Waals surface area contributed by atoms with Gasteiger partial charge in [-0.3, -0.25) is 9.78 Å². The molecule has 1 amide bonds. The van der Waals surface area contributed by atoms with E-state index in [9.17, 15) is 14.0 Å². The minimum Gasteiger partial charge on any atom is -0.452 e. The molecule has 150 valence electrons. The maximum atomic E-state index is 13.8. The quantitative estimate of drug-likeness (QED) is 0.585. The lowest BCUT2D eigenvalue weighted by Crippen LogP contribution is -2.31. The van der Waals surface area contributed by atoms with Crippen molar-refractivity contribution < 1.29 is 18.7 Å². The highest BCUT2D eigenvalue weighted by atomic mass is 19.1. The van der Waals surface area contributed by atoms with E-state index in [0.717, 1.165) is 5.69 Å². The van der Waals surface area contributed by atoms with Gasteiger partial charge >= 0.3 is 5.97 Å². The van der Waals surface area contributed by atoms with Crippen LogP contribution in [0, 0.1) is 5.82 Å². The van der Waals surface area contributed by atoms with Crippen LogP contribution in [0.1, 0.15) is 41.4 Å². The number of benzene rings is 2. The summed E-state index contributed by atoms with van der Waals surface area (Å²) in [5.74, 6) is -1.24. The van der Waals surface area contributed by atoms with Gasteiger partial charge in [-0.1, -0.05) is 50.2 Å². The molecule has 0 aliphatic heterocycles. The van der Waals surface area contributed by atoms with Gasteiger partial charge in [0.25, 0.3) is 5.91 Å². The molecule has 2 aromatic carbocycles. The molecular formula is C23H23FN2O3. The van der Waals surface area contributed by atoms with E-state index >= 15 is 0 Å². The number of hydrogen-bond acceptors (Lipinski definition) is 4. The van der Waals surface area contributed by atoms with Crippen molar-refractivity contribution in [2.45, 2.75) is 26.3 Å². The molecule has 0 unspecified atom stereocenters. The Bertz CT molecular complexity index is 1050. The van der Waals surface area contributed by atoms with Gasteiger partial charge in [-0.25, -0.2) is 9.18 Å². The Morgan fingerprint density at radius 3 is 2.52 bits per heavy atom. The second kappa shape index (κ2) is 8.82. The fraction of sp³-hybridized carbons (Fsp3) is 0.261. The molecule has 0 aliphatic rings. The molecule has 0 bridgehead atoms. The SMILES string of the molecule is CC(C)c1cc(C(=O)OCC(=O)N(C)Cc2ccccc2F)c2ccccc2n1. The number of para-hydroxylation sites is 1. The highest BCUT2D eigenvalue weighted by Gasteiger charge is 2.18. The van der Waals surface area contributed by atoms with Crippen molar-refractivity contribution in [2.75, 3.05) is 13.7 Å². The number of carbonyl (C=O) groups is 2. The van der Waals surface area contributed by atoms with Crippen LogP contribution in [0.15, 0.2) is 54.6 Å². The third-order valence-electron chi connectivity index (χ3n) is 4.67. The number of aromatic nitrogens is 1.